The predicted molar refractivity (Wildman–Crippen MR) is 102 cm³/mol. The zero-order valence-corrected chi connectivity index (χ0v) is 16.3. The number of hydrogen-bond donors (Lipinski definition) is 1. The zero-order valence-electron chi connectivity index (χ0n) is 16.3. The van der Waals surface area contributed by atoms with Gasteiger partial charge in [0.1, 0.15) is 0 Å². The summed E-state index contributed by atoms with van der Waals surface area (Å²) in [5, 5.41) is 3.01. The van der Waals surface area contributed by atoms with E-state index in [1.54, 1.807) is 0 Å². The molecule has 1 aromatic rings. The molecule has 1 aliphatic heterocycles. The fourth-order valence-electron chi connectivity index (χ4n) is 3.09. The molecule has 25 heavy (non-hydrogen) atoms. The highest BCUT2D eigenvalue weighted by molar-refractivity contribution is 5.94. The Morgan fingerprint density at radius 1 is 1.12 bits per heavy atom. The molecular formula is C21H32N2O2. The highest BCUT2D eigenvalue weighted by atomic mass is 16.2. The third-order valence-corrected chi connectivity index (χ3v) is 4.84. The zero-order chi connectivity index (χ0) is 18.6. The Morgan fingerprint density at radius 2 is 1.68 bits per heavy atom. The van der Waals surface area contributed by atoms with Gasteiger partial charge in [0, 0.05) is 31.1 Å². The number of nitrogens with zero attached hydrogens (tertiary/aromatic N) is 1. The summed E-state index contributed by atoms with van der Waals surface area (Å²) in [4.78, 5) is 26.7. The molecule has 0 spiro atoms. The van der Waals surface area contributed by atoms with Crippen LogP contribution in [-0.2, 0) is 10.2 Å². The molecule has 0 unspecified atom stereocenters. The molecule has 138 valence electrons. The van der Waals surface area contributed by atoms with Gasteiger partial charge in [0.05, 0.1) is 0 Å². The highest BCUT2D eigenvalue weighted by Gasteiger charge is 2.28. The van der Waals surface area contributed by atoms with Crippen molar-refractivity contribution in [2.45, 2.75) is 52.9 Å². The summed E-state index contributed by atoms with van der Waals surface area (Å²) in [7, 11) is 0. The Balaban J connectivity index is 1.90. The van der Waals surface area contributed by atoms with Crippen molar-refractivity contribution in [3.8, 4) is 0 Å². The van der Waals surface area contributed by atoms with Crippen molar-refractivity contribution in [1.82, 2.24) is 10.2 Å². The lowest BCUT2D eigenvalue weighted by Gasteiger charge is -2.31. The van der Waals surface area contributed by atoms with Crippen molar-refractivity contribution in [2.24, 2.45) is 11.8 Å². The van der Waals surface area contributed by atoms with E-state index in [0.29, 0.717) is 19.0 Å². The van der Waals surface area contributed by atoms with E-state index in [4.69, 9.17) is 0 Å². The average molecular weight is 344 g/mol. The summed E-state index contributed by atoms with van der Waals surface area (Å²) in [6.45, 7) is 12.7. The molecule has 4 heteroatoms. The Morgan fingerprint density at radius 3 is 2.16 bits per heavy atom. The minimum absolute atomic E-state index is 0.0334. The van der Waals surface area contributed by atoms with Crippen molar-refractivity contribution in [2.75, 3.05) is 19.6 Å². The maximum Gasteiger partial charge on any atom is 0.253 e. The van der Waals surface area contributed by atoms with Crippen LogP contribution in [0.15, 0.2) is 24.3 Å². The van der Waals surface area contributed by atoms with Crippen LogP contribution in [0.2, 0.25) is 0 Å². The first-order valence-electron chi connectivity index (χ1n) is 9.36. The van der Waals surface area contributed by atoms with Gasteiger partial charge in [-0.15, -0.1) is 0 Å². The lowest BCUT2D eigenvalue weighted by atomic mass is 9.86. The number of carbonyl (C=O) groups excluding carboxylic acids is 2. The van der Waals surface area contributed by atoms with Crippen LogP contribution >= 0.6 is 0 Å². The van der Waals surface area contributed by atoms with Gasteiger partial charge in [0.2, 0.25) is 5.91 Å². The van der Waals surface area contributed by atoms with E-state index >= 15 is 0 Å². The van der Waals surface area contributed by atoms with Crippen LogP contribution in [0.4, 0.5) is 0 Å². The number of hydrogen-bond acceptors (Lipinski definition) is 2. The van der Waals surface area contributed by atoms with Gasteiger partial charge in [0.25, 0.3) is 5.91 Å². The smallest absolute Gasteiger partial charge is 0.253 e. The van der Waals surface area contributed by atoms with Gasteiger partial charge in [0.15, 0.2) is 0 Å². The SMILES string of the molecule is CC(C)CNC(=O)C1CCN(C(=O)c2ccc(C(C)(C)C)cc2)CC1. The number of nitrogens with one attached hydrogen (secondary N) is 1. The Bertz CT molecular complexity index is 591. The molecule has 0 aromatic heterocycles. The van der Waals surface area contributed by atoms with Crippen LogP contribution in [0, 0.1) is 11.8 Å². The van der Waals surface area contributed by atoms with Gasteiger partial charge in [-0.25, -0.2) is 0 Å². The summed E-state index contributed by atoms with van der Waals surface area (Å²) in [6, 6.07) is 7.92. The minimum atomic E-state index is 0.0334. The molecule has 1 aliphatic rings. The van der Waals surface area contributed by atoms with E-state index in [9.17, 15) is 9.59 Å². The minimum Gasteiger partial charge on any atom is -0.356 e. The monoisotopic (exact) mass is 344 g/mol. The molecule has 1 aromatic carbocycles. The molecule has 2 rings (SSSR count). The van der Waals surface area contributed by atoms with Crippen LogP contribution in [0.3, 0.4) is 0 Å². The topological polar surface area (TPSA) is 49.4 Å². The van der Waals surface area contributed by atoms with Crippen LogP contribution in [0.25, 0.3) is 0 Å². The molecule has 1 fully saturated rings. The molecule has 4 nitrogen and oxygen atoms in total. The van der Waals surface area contributed by atoms with Crippen LogP contribution < -0.4 is 5.32 Å². The summed E-state index contributed by atoms with van der Waals surface area (Å²) in [5.41, 5.74) is 2.05. The lowest BCUT2D eigenvalue weighted by molar-refractivity contribution is -0.126. The van der Waals surface area contributed by atoms with E-state index in [1.807, 2.05) is 29.2 Å². The third-order valence-electron chi connectivity index (χ3n) is 4.84. The average Bonchev–Trinajstić information content (AvgIpc) is 2.58. The molecule has 1 saturated heterocycles. The largest absolute Gasteiger partial charge is 0.356 e. The predicted octanol–water partition coefficient (Wildman–Crippen LogP) is 3.61. The summed E-state index contributed by atoms with van der Waals surface area (Å²) in [5.74, 6) is 0.699. The van der Waals surface area contributed by atoms with E-state index in [2.05, 4.69) is 39.9 Å². The van der Waals surface area contributed by atoms with Crippen molar-refractivity contribution in [3.63, 3.8) is 0 Å². The van der Waals surface area contributed by atoms with Crippen LogP contribution in [-0.4, -0.2) is 36.3 Å². The van der Waals surface area contributed by atoms with Crippen molar-refractivity contribution >= 4 is 11.8 Å². The summed E-state index contributed by atoms with van der Waals surface area (Å²) >= 11 is 0. The first-order chi connectivity index (χ1) is 11.7. The van der Waals surface area contributed by atoms with Crippen molar-refractivity contribution in [3.05, 3.63) is 35.4 Å². The quantitative estimate of drug-likeness (QED) is 0.907. The lowest BCUT2D eigenvalue weighted by Crippen LogP contribution is -2.43. The Hall–Kier alpha value is -1.84. The number of carbonyl (C=O) groups is 2. The van der Waals surface area contributed by atoms with Gasteiger partial charge < -0.3 is 10.2 Å². The van der Waals surface area contributed by atoms with Crippen LogP contribution in [0.1, 0.15) is 63.4 Å². The third kappa shape index (κ3) is 5.32. The Labute approximate surface area is 152 Å². The van der Waals surface area contributed by atoms with Gasteiger partial charge in [-0.1, -0.05) is 46.8 Å². The standard InChI is InChI=1S/C21H32N2O2/c1-15(2)14-22-19(24)16-10-12-23(13-11-16)20(25)17-6-8-18(9-7-17)21(3,4)5/h6-9,15-16H,10-14H2,1-5H3,(H,22,24). The van der Waals surface area contributed by atoms with Gasteiger partial charge in [-0.05, 0) is 41.9 Å². The number of piperidine rings is 1. The highest BCUT2D eigenvalue weighted by Crippen LogP contribution is 2.24. The second-order valence-corrected chi connectivity index (χ2v) is 8.53. The van der Waals surface area contributed by atoms with E-state index in [-0.39, 0.29) is 23.1 Å². The van der Waals surface area contributed by atoms with E-state index < -0.39 is 0 Å². The number of rotatable bonds is 4. The second-order valence-electron chi connectivity index (χ2n) is 8.53. The number of benzene rings is 1. The molecule has 0 atom stereocenters. The van der Waals surface area contributed by atoms with Gasteiger partial charge >= 0.3 is 0 Å². The summed E-state index contributed by atoms with van der Waals surface area (Å²) < 4.78 is 0. The number of likely N-dealkylation sites (tertiary alicyclic amines) is 1. The van der Waals surface area contributed by atoms with Gasteiger partial charge in [-0.2, -0.15) is 0 Å². The van der Waals surface area contributed by atoms with Crippen molar-refractivity contribution in [1.29, 1.82) is 0 Å². The molecular weight excluding hydrogens is 312 g/mol. The first-order valence-corrected chi connectivity index (χ1v) is 9.36. The molecule has 0 radical (unpaired) electrons. The molecule has 0 bridgehead atoms. The van der Waals surface area contributed by atoms with Gasteiger partial charge in [-0.3, -0.25) is 9.59 Å². The summed E-state index contributed by atoms with van der Waals surface area (Å²) in [6.07, 6.45) is 1.49. The normalized spacial score (nSPS) is 16.2. The Kier molecular flexibility index (Phi) is 6.26. The maximum atomic E-state index is 12.7. The molecule has 1 heterocycles. The van der Waals surface area contributed by atoms with Crippen molar-refractivity contribution < 1.29 is 9.59 Å². The fraction of sp³-hybridized carbons (Fsp3) is 0.619. The van der Waals surface area contributed by atoms with Crippen LogP contribution in [0.5, 0.6) is 0 Å². The molecule has 2 amide bonds. The number of amides is 2. The second kappa shape index (κ2) is 8.03. The maximum absolute atomic E-state index is 12.7. The first kappa shape index (κ1) is 19.5. The fourth-order valence-corrected chi connectivity index (χ4v) is 3.09. The molecule has 1 N–H and O–H groups in total. The van der Waals surface area contributed by atoms with E-state index in [0.717, 1.165) is 24.9 Å². The molecule has 0 saturated carbocycles. The molecule has 0 aliphatic carbocycles. The van der Waals surface area contributed by atoms with E-state index in [1.165, 1.54) is 5.56 Å².